The summed E-state index contributed by atoms with van der Waals surface area (Å²) in [6.07, 6.45) is 2.57. The lowest BCUT2D eigenvalue weighted by Crippen LogP contribution is -2.25. The topological polar surface area (TPSA) is 12.0 Å². The van der Waals surface area contributed by atoms with Crippen molar-refractivity contribution in [1.82, 2.24) is 5.32 Å². The van der Waals surface area contributed by atoms with Crippen molar-refractivity contribution in [1.29, 1.82) is 0 Å². The predicted octanol–water partition coefficient (Wildman–Crippen LogP) is 2.67. The molecular formula is C10H23N. The largest absolute Gasteiger partial charge is 0.316 e. The molecule has 0 rings (SSSR count). The minimum Gasteiger partial charge on any atom is -0.316 e. The minimum absolute atomic E-state index is 0.832. The molecule has 11 heavy (non-hydrogen) atoms. The summed E-state index contributed by atoms with van der Waals surface area (Å²) in [5, 5.41) is 3.49. The highest BCUT2D eigenvalue weighted by molar-refractivity contribution is 4.58. The van der Waals surface area contributed by atoms with Crippen LogP contribution < -0.4 is 5.32 Å². The lowest BCUT2D eigenvalue weighted by Gasteiger charge is -2.13. The molecule has 0 aromatic heterocycles. The molecule has 0 aromatic rings. The maximum atomic E-state index is 3.49. The standard InChI is InChI=1S/C10H23N/c1-5-9(3)7-11-8-10(4)6-2/h9-11H,5-8H2,1-4H3. The Kier molecular flexibility index (Phi) is 6.63. The van der Waals surface area contributed by atoms with Gasteiger partial charge >= 0.3 is 0 Å². The third-order valence-corrected chi connectivity index (χ3v) is 2.38. The minimum atomic E-state index is 0.832. The van der Waals surface area contributed by atoms with E-state index >= 15 is 0 Å². The molecule has 0 bridgehead atoms. The molecule has 0 heterocycles. The zero-order chi connectivity index (χ0) is 8.69. The van der Waals surface area contributed by atoms with E-state index in [9.17, 15) is 0 Å². The Morgan fingerprint density at radius 2 is 1.27 bits per heavy atom. The molecule has 1 heteroatoms. The van der Waals surface area contributed by atoms with E-state index in [1.54, 1.807) is 0 Å². The Morgan fingerprint density at radius 1 is 0.909 bits per heavy atom. The summed E-state index contributed by atoms with van der Waals surface area (Å²) in [6.45, 7) is 11.4. The number of hydrogen-bond donors (Lipinski definition) is 1. The molecule has 1 nitrogen and oxygen atoms in total. The van der Waals surface area contributed by atoms with Crippen molar-refractivity contribution in [2.24, 2.45) is 11.8 Å². The SMILES string of the molecule is CCC(C)CNCC(C)CC. The van der Waals surface area contributed by atoms with Crippen molar-refractivity contribution >= 4 is 0 Å². The van der Waals surface area contributed by atoms with Crippen LogP contribution in [0.3, 0.4) is 0 Å². The van der Waals surface area contributed by atoms with Crippen LogP contribution in [0.25, 0.3) is 0 Å². The number of nitrogens with one attached hydrogen (secondary N) is 1. The Balaban J connectivity index is 3.13. The first kappa shape index (κ1) is 11.0. The van der Waals surface area contributed by atoms with Crippen molar-refractivity contribution in [3.05, 3.63) is 0 Å². The summed E-state index contributed by atoms with van der Waals surface area (Å²) >= 11 is 0. The maximum absolute atomic E-state index is 3.49. The highest BCUT2D eigenvalue weighted by Crippen LogP contribution is 2.00. The fraction of sp³-hybridized carbons (Fsp3) is 1.00. The monoisotopic (exact) mass is 157 g/mol. The van der Waals surface area contributed by atoms with Gasteiger partial charge in [-0.15, -0.1) is 0 Å². The first-order chi connectivity index (χ1) is 5.20. The molecule has 0 aliphatic heterocycles. The van der Waals surface area contributed by atoms with E-state index < -0.39 is 0 Å². The summed E-state index contributed by atoms with van der Waals surface area (Å²) in [4.78, 5) is 0. The van der Waals surface area contributed by atoms with E-state index in [1.165, 1.54) is 25.9 Å². The second kappa shape index (κ2) is 6.66. The van der Waals surface area contributed by atoms with Crippen molar-refractivity contribution < 1.29 is 0 Å². The Morgan fingerprint density at radius 3 is 1.55 bits per heavy atom. The first-order valence-electron chi connectivity index (χ1n) is 4.91. The average Bonchev–Trinajstić information content (AvgIpc) is 2.04. The molecule has 0 aliphatic rings. The van der Waals surface area contributed by atoms with Gasteiger partial charge in [0.15, 0.2) is 0 Å². The predicted molar refractivity (Wildman–Crippen MR) is 51.8 cm³/mol. The van der Waals surface area contributed by atoms with Crippen molar-refractivity contribution in [2.45, 2.75) is 40.5 Å². The van der Waals surface area contributed by atoms with Crippen LogP contribution in [0.5, 0.6) is 0 Å². The lowest BCUT2D eigenvalue weighted by molar-refractivity contribution is 0.445. The zero-order valence-electron chi connectivity index (χ0n) is 8.48. The van der Waals surface area contributed by atoms with Crippen molar-refractivity contribution in [2.75, 3.05) is 13.1 Å². The second-order valence-corrected chi connectivity index (χ2v) is 3.69. The summed E-state index contributed by atoms with van der Waals surface area (Å²) < 4.78 is 0. The summed E-state index contributed by atoms with van der Waals surface area (Å²) in [6, 6.07) is 0. The van der Waals surface area contributed by atoms with Crippen molar-refractivity contribution in [3.8, 4) is 0 Å². The van der Waals surface area contributed by atoms with Gasteiger partial charge in [-0.2, -0.15) is 0 Å². The van der Waals surface area contributed by atoms with E-state index in [1.807, 2.05) is 0 Å². The van der Waals surface area contributed by atoms with Crippen LogP contribution in [0.1, 0.15) is 40.5 Å². The van der Waals surface area contributed by atoms with Crippen LogP contribution in [0, 0.1) is 11.8 Å². The Labute approximate surface area is 71.6 Å². The number of hydrogen-bond acceptors (Lipinski definition) is 1. The first-order valence-corrected chi connectivity index (χ1v) is 4.91. The van der Waals surface area contributed by atoms with E-state index in [0.717, 1.165) is 11.8 Å². The molecule has 0 saturated carbocycles. The summed E-state index contributed by atoms with van der Waals surface area (Å²) in [7, 11) is 0. The zero-order valence-corrected chi connectivity index (χ0v) is 8.48. The molecule has 0 saturated heterocycles. The molecule has 0 radical (unpaired) electrons. The van der Waals surface area contributed by atoms with Gasteiger partial charge in [0.05, 0.1) is 0 Å². The summed E-state index contributed by atoms with van der Waals surface area (Å²) in [5.41, 5.74) is 0. The van der Waals surface area contributed by atoms with E-state index in [0.29, 0.717) is 0 Å². The molecule has 68 valence electrons. The molecule has 0 fully saturated rings. The van der Waals surface area contributed by atoms with Crippen LogP contribution in [0.2, 0.25) is 0 Å². The molecule has 1 N–H and O–H groups in total. The van der Waals surface area contributed by atoms with Gasteiger partial charge in [-0.25, -0.2) is 0 Å². The van der Waals surface area contributed by atoms with Gasteiger partial charge in [-0.05, 0) is 24.9 Å². The van der Waals surface area contributed by atoms with Crippen LogP contribution in [0.15, 0.2) is 0 Å². The molecular weight excluding hydrogens is 134 g/mol. The normalized spacial score (nSPS) is 16.4. The third-order valence-electron chi connectivity index (χ3n) is 2.38. The third kappa shape index (κ3) is 6.36. The van der Waals surface area contributed by atoms with Crippen LogP contribution in [-0.2, 0) is 0 Å². The van der Waals surface area contributed by atoms with Gasteiger partial charge in [0.1, 0.15) is 0 Å². The lowest BCUT2D eigenvalue weighted by atomic mass is 10.1. The molecule has 0 aromatic carbocycles. The van der Waals surface area contributed by atoms with E-state index in [4.69, 9.17) is 0 Å². The molecule has 2 atom stereocenters. The van der Waals surface area contributed by atoms with E-state index in [-0.39, 0.29) is 0 Å². The van der Waals surface area contributed by atoms with Gasteiger partial charge in [0, 0.05) is 0 Å². The fourth-order valence-corrected chi connectivity index (χ4v) is 0.865. The molecule has 0 aliphatic carbocycles. The maximum Gasteiger partial charge on any atom is -0.00231 e. The summed E-state index contributed by atoms with van der Waals surface area (Å²) in [5.74, 6) is 1.66. The highest BCUT2D eigenvalue weighted by atomic mass is 14.9. The Hall–Kier alpha value is -0.0400. The molecule has 0 spiro atoms. The molecule has 0 amide bonds. The van der Waals surface area contributed by atoms with Crippen molar-refractivity contribution in [3.63, 3.8) is 0 Å². The highest BCUT2D eigenvalue weighted by Gasteiger charge is 2.00. The Bertz CT molecular complexity index is 70.9. The van der Waals surface area contributed by atoms with Crippen LogP contribution in [-0.4, -0.2) is 13.1 Å². The quantitative estimate of drug-likeness (QED) is 0.625. The van der Waals surface area contributed by atoms with Crippen LogP contribution >= 0.6 is 0 Å². The van der Waals surface area contributed by atoms with Gasteiger partial charge in [-0.3, -0.25) is 0 Å². The smallest absolute Gasteiger partial charge is 0.00231 e. The van der Waals surface area contributed by atoms with Gasteiger partial charge in [0.25, 0.3) is 0 Å². The second-order valence-electron chi connectivity index (χ2n) is 3.69. The van der Waals surface area contributed by atoms with Gasteiger partial charge in [0.2, 0.25) is 0 Å². The fourth-order valence-electron chi connectivity index (χ4n) is 0.865. The van der Waals surface area contributed by atoms with Gasteiger partial charge < -0.3 is 5.32 Å². The van der Waals surface area contributed by atoms with E-state index in [2.05, 4.69) is 33.0 Å². The van der Waals surface area contributed by atoms with Crippen LogP contribution in [0.4, 0.5) is 0 Å². The molecule has 2 unspecified atom stereocenters. The number of rotatable bonds is 6. The average molecular weight is 157 g/mol. The van der Waals surface area contributed by atoms with Gasteiger partial charge in [-0.1, -0.05) is 40.5 Å².